The van der Waals surface area contributed by atoms with Crippen LogP contribution in [-0.4, -0.2) is 112 Å². The fraction of sp³-hybridized carbons (Fsp3) is 0.611. The van der Waals surface area contributed by atoms with E-state index in [4.69, 9.17) is 9.47 Å². The van der Waals surface area contributed by atoms with E-state index in [0.29, 0.717) is 25.9 Å². The number of carbonyl (C=O) groups excluding carboxylic acids is 2. The van der Waals surface area contributed by atoms with Gasteiger partial charge in [-0.15, -0.1) is 11.8 Å². The maximum absolute atomic E-state index is 13.4. The second-order valence-corrected chi connectivity index (χ2v) is 14.3. The number of nitrogens with zero attached hydrogens (tertiary/aromatic N) is 2. The average molecular weight is 670 g/mol. The number of benzene rings is 2. The molecule has 3 fully saturated rings. The first-order chi connectivity index (χ1) is 22.6. The van der Waals surface area contributed by atoms with E-state index < -0.39 is 35.4 Å². The van der Waals surface area contributed by atoms with Gasteiger partial charge < -0.3 is 39.9 Å². The molecule has 5 rings (SSSR count). The summed E-state index contributed by atoms with van der Waals surface area (Å²) < 4.78 is 11.9. The number of nitrogens with one attached hydrogen (secondary N) is 1. The van der Waals surface area contributed by atoms with Crippen LogP contribution in [0.3, 0.4) is 0 Å². The molecule has 2 saturated heterocycles. The number of rotatable bonds is 12. The quantitative estimate of drug-likeness (QED) is 0.252. The van der Waals surface area contributed by atoms with Crippen LogP contribution >= 0.6 is 11.8 Å². The minimum Gasteiger partial charge on any atom is -0.494 e. The van der Waals surface area contributed by atoms with E-state index in [1.54, 1.807) is 6.26 Å². The number of piperazine rings is 1. The summed E-state index contributed by atoms with van der Waals surface area (Å²) in [7, 11) is 2.07. The van der Waals surface area contributed by atoms with Crippen LogP contribution in [0.25, 0.3) is 0 Å². The molecule has 0 spiro atoms. The first-order valence-corrected chi connectivity index (χ1v) is 18.2. The molecular weight excluding hydrogens is 618 g/mol. The van der Waals surface area contributed by atoms with Crippen molar-refractivity contribution in [3.05, 3.63) is 64.7 Å². The first kappa shape index (κ1) is 35.6. The van der Waals surface area contributed by atoms with Crippen LogP contribution in [0.15, 0.2) is 42.5 Å². The maximum Gasteiger partial charge on any atom is 0.248 e. The molecule has 2 heterocycles. The topological polar surface area (TPSA) is 132 Å². The smallest absolute Gasteiger partial charge is 0.248 e. The molecule has 11 heteroatoms. The van der Waals surface area contributed by atoms with Crippen LogP contribution in [0.1, 0.15) is 73.3 Å². The van der Waals surface area contributed by atoms with Crippen LogP contribution in [0.4, 0.5) is 0 Å². The van der Waals surface area contributed by atoms with Gasteiger partial charge in [-0.3, -0.25) is 9.59 Å². The summed E-state index contributed by atoms with van der Waals surface area (Å²) >= 11 is 1.30. The second-order valence-electron chi connectivity index (χ2n) is 13.4. The summed E-state index contributed by atoms with van der Waals surface area (Å²) in [6.45, 7) is 5.71. The van der Waals surface area contributed by atoms with Crippen molar-refractivity contribution in [3.8, 4) is 5.75 Å². The SMILES string of the molecule is CS[C@H]1O[C@@H](c2ccc(C)c(Cc3ccc(OCCCCC(=O)NC4(C(=O)N5CCN(C)CC5)CCCC4)cc3)c2)[C@H](O)[C@@H](O)[C@@H]1O. The van der Waals surface area contributed by atoms with Gasteiger partial charge in [0.2, 0.25) is 11.8 Å². The number of hydrogen-bond donors (Lipinski definition) is 4. The lowest BCUT2D eigenvalue weighted by atomic mass is 9.91. The van der Waals surface area contributed by atoms with Crippen molar-refractivity contribution >= 4 is 23.6 Å². The highest BCUT2D eigenvalue weighted by molar-refractivity contribution is 7.99. The number of unbranched alkanes of at least 4 members (excludes halogenated alkanes) is 1. The van der Waals surface area contributed by atoms with Crippen LogP contribution in [0.2, 0.25) is 0 Å². The molecular formula is C36H51N3O7S. The third-order valence-electron chi connectivity index (χ3n) is 9.92. The molecule has 0 aromatic heterocycles. The summed E-state index contributed by atoms with van der Waals surface area (Å²) in [5.41, 5.74) is 2.68. The number of hydrogen-bond acceptors (Lipinski definition) is 9. The van der Waals surface area contributed by atoms with Gasteiger partial charge in [0.25, 0.3) is 0 Å². The molecule has 2 aromatic carbocycles. The third-order valence-corrected chi connectivity index (χ3v) is 10.8. The third kappa shape index (κ3) is 8.68. The van der Waals surface area contributed by atoms with Crippen molar-refractivity contribution in [2.75, 3.05) is 46.1 Å². The number of carbonyl (C=O) groups is 2. The molecule has 258 valence electrons. The number of likely N-dealkylation sites (N-methyl/N-ethyl adjacent to an activating group) is 1. The summed E-state index contributed by atoms with van der Waals surface area (Å²) in [6, 6.07) is 13.8. The van der Waals surface area contributed by atoms with Crippen LogP contribution in [0, 0.1) is 6.92 Å². The molecule has 2 aromatic rings. The standard InChI is InChI=1S/C36H51N3O7S/c1-24-9-12-26(33-31(42)30(41)32(43)34(46-33)47-3)23-27(24)22-25-10-13-28(14-11-25)45-21-7-4-8-29(40)37-36(15-5-6-16-36)35(44)39-19-17-38(2)18-20-39/h9-14,23,30-34,41-43H,4-8,15-22H2,1-3H3,(H,37,40)/t30-,31-,32+,33+,34-/m1/s1. The molecule has 5 atom stereocenters. The van der Waals surface area contributed by atoms with E-state index >= 15 is 0 Å². The highest BCUT2D eigenvalue weighted by atomic mass is 32.2. The predicted octanol–water partition coefficient (Wildman–Crippen LogP) is 3.18. The summed E-state index contributed by atoms with van der Waals surface area (Å²) in [5, 5.41) is 34.4. The van der Waals surface area contributed by atoms with Gasteiger partial charge in [0, 0.05) is 32.6 Å². The zero-order valence-electron chi connectivity index (χ0n) is 27.9. The zero-order valence-corrected chi connectivity index (χ0v) is 28.7. The largest absolute Gasteiger partial charge is 0.494 e. The van der Waals surface area contributed by atoms with Gasteiger partial charge >= 0.3 is 0 Å². The molecule has 1 saturated carbocycles. The Morgan fingerprint density at radius 1 is 0.979 bits per heavy atom. The Balaban J connectivity index is 1.07. The number of aliphatic hydroxyl groups is 3. The predicted molar refractivity (Wildman–Crippen MR) is 182 cm³/mol. The minimum atomic E-state index is -1.28. The zero-order chi connectivity index (χ0) is 33.6. The Bertz CT molecular complexity index is 1340. The Labute approximate surface area is 282 Å². The van der Waals surface area contributed by atoms with Crippen LogP contribution in [-0.2, 0) is 20.7 Å². The Morgan fingerprint density at radius 3 is 2.36 bits per heavy atom. The van der Waals surface area contributed by atoms with Crippen molar-refractivity contribution in [1.29, 1.82) is 0 Å². The molecule has 47 heavy (non-hydrogen) atoms. The van der Waals surface area contributed by atoms with E-state index in [1.807, 2.05) is 54.3 Å². The lowest BCUT2D eigenvalue weighted by molar-refractivity contribution is -0.200. The lowest BCUT2D eigenvalue weighted by Crippen LogP contribution is -2.61. The molecule has 1 aliphatic carbocycles. The van der Waals surface area contributed by atoms with Crippen molar-refractivity contribution in [3.63, 3.8) is 0 Å². The van der Waals surface area contributed by atoms with Gasteiger partial charge in [0.15, 0.2) is 0 Å². The number of thioether (sulfide) groups is 1. The van der Waals surface area contributed by atoms with Gasteiger partial charge in [-0.05, 0) is 86.7 Å². The second kappa shape index (κ2) is 16.2. The van der Waals surface area contributed by atoms with E-state index in [2.05, 4.69) is 17.3 Å². The Kier molecular flexibility index (Phi) is 12.2. The fourth-order valence-electron chi connectivity index (χ4n) is 6.89. The van der Waals surface area contributed by atoms with Crippen LogP contribution in [0.5, 0.6) is 5.75 Å². The minimum absolute atomic E-state index is 0.0551. The normalized spacial score (nSPS) is 26.3. The molecule has 2 amide bonds. The number of ether oxygens (including phenoxy) is 2. The molecule has 10 nitrogen and oxygen atoms in total. The molecule has 3 aliphatic rings. The molecule has 0 bridgehead atoms. The van der Waals surface area contributed by atoms with E-state index in [9.17, 15) is 24.9 Å². The van der Waals surface area contributed by atoms with Crippen molar-refractivity contribution in [2.24, 2.45) is 0 Å². The summed E-state index contributed by atoms with van der Waals surface area (Å²) in [6.07, 6.45) is 3.24. The van der Waals surface area contributed by atoms with E-state index in [1.165, 1.54) is 11.8 Å². The van der Waals surface area contributed by atoms with Gasteiger partial charge in [0.1, 0.15) is 41.1 Å². The number of amides is 2. The molecule has 2 aliphatic heterocycles. The number of aliphatic hydroxyl groups excluding tert-OH is 3. The van der Waals surface area contributed by atoms with Gasteiger partial charge in [-0.1, -0.05) is 43.2 Å². The van der Waals surface area contributed by atoms with Gasteiger partial charge in [-0.25, -0.2) is 0 Å². The maximum atomic E-state index is 13.4. The molecule has 0 radical (unpaired) electrons. The van der Waals surface area contributed by atoms with Gasteiger partial charge in [0.05, 0.1) is 6.61 Å². The van der Waals surface area contributed by atoms with E-state index in [0.717, 1.165) is 86.3 Å². The fourth-order valence-corrected chi connectivity index (χ4v) is 7.56. The Hall–Kier alpha value is -2.67. The number of aryl methyl sites for hydroxylation is 1. The molecule has 0 unspecified atom stereocenters. The monoisotopic (exact) mass is 669 g/mol. The van der Waals surface area contributed by atoms with Crippen molar-refractivity contribution in [2.45, 2.75) is 93.7 Å². The first-order valence-electron chi connectivity index (χ1n) is 16.9. The van der Waals surface area contributed by atoms with Crippen molar-refractivity contribution in [1.82, 2.24) is 15.1 Å². The summed E-state index contributed by atoms with van der Waals surface area (Å²) in [4.78, 5) is 30.5. The Morgan fingerprint density at radius 2 is 1.68 bits per heavy atom. The lowest BCUT2D eigenvalue weighted by Gasteiger charge is -2.40. The van der Waals surface area contributed by atoms with E-state index in [-0.39, 0.29) is 11.8 Å². The average Bonchev–Trinajstić information content (AvgIpc) is 3.55. The molecule has 4 N–H and O–H groups in total. The summed E-state index contributed by atoms with van der Waals surface area (Å²) in [5.74, 6) is 0.800. The van der Waals surface area contributed by atoms with Crippen molar-refractivity contribution < 1.29 is 34.4 Å². The van der Waals surface area contributed by atoms with Gasteiger partial charge in [-0.2, -0.15) is 0 Å². The highest BCUT2D eigenvalue weighted by Crippen LogP contribution is 2.37. The highest BCUT2D eigenvalue weighted by Gasteiger charge is 2.45. The van der Waals surface area contributed by atoms with Crippen LogP contribution < -0.4 is 10.1 Å².